The van der Waals surface area contributed by atoms with Gasteiger partial charge in [-0.15, -0.1) is 6.42 Å². The number of aliphatic hydroxyl groups excluding tert-OH is 1. The van der Waals surface area contributed by atoms with Crippen LogP contribution in [0, 0.1) is 19.3 Å². The lowest BCUT2D eigenvalue weighted by atomic mass is 10.1. The Morgan fingerprint density at radius 3 is 2.56 bits per heavy atom. The number of terminal acetylenes is 1. The third-order valence-corrected chi connectivity index (χ3v) is 4.98. The molecule has 0 aliphatic rings. The van der Waals surface area contributed by atoms with Gasteiger partial charge in [0, 0.05) is 42.8 Å². The van der Waals surface area contributed by atoms with Crippen LogP contribution in [0.2, 0.25) is 0 Å². The average Bonchev–Trinajstić information content (AvgIpc) is 2.81. The zero-order chi connectivity index (χ0) is 25.1. The molecular formula is C28H36N4O2. The molecule has 0 aliphatic carbocycles. The van der Waals surface area contributed by atoms with E-state index in [0.29, 0.717) is 36.0 Å². The number of nitrogens with zero attached hydrogens (tertiary/aromatic N) is 4. The molecule has 0 bridgehead atoms. The minimum absolute atomic E-state index is 0.467. The van der Waals surface area contributed by atoms with E-state index in [9.17, 15) is 5.11 Å². The van der Waals surface area contributed by atoms with Crippen LogP contribution in [0.15, 0.2) is 59.2 Å². The maximum absolute atomic E-state index is 9.99. The third-order valence-electron chi connectivity index (χ3n) is 4.98. The van der Waals surface area contributed by atoms with E-state index in [-0.39, 0.29) is 0 Å². The molecule has 0 amide bonds. The first-order chi connectivity index (χ1) is 16.3. The molecule has 2 rings (SSSR count). The third kappa shape index (κ3) is 8.17. The van der Waals surface area contributed by atoms with Crippen molar-refractivity contribution in [3.63, 3.8) is 0 Å². The summed E-state index contributed by atoms with van der Waals surface area (Å²) in [6.45, 7) is 12.9. The van der Waals surface area contributed by atoms with E-state index >= 15 is 0 Å². The molecule has 1 unspecified atom stereocenters. The predicted octanol–water partition coefficient (Wildman–Crippen LogP) is 5.52. The maximum atomic E-state index is 9.99. The number of hydrogen-bond acceptors (Lipinski definition) is 5. The summed E-state index contributed by atoms with van der Waals surface area (Å²) < 4.78 is 6.26. The second kappa shape index (κ2) is 13.3. The van der Waals surface area contributed by atoms with Gasteiger partial charge in [-0.2, -0.15) is 0 Å². The fourth-order valence-corrected chi connectivity index (χ4v) is 3.28. The standard InChI is InChI=1S/C28H36N4O2/c1-8-11-12-21(5)31-27(32(10-3)19-22(6)33)15-23(7)34-26-16-24(9-2)13-14-25(26)28-29-17-20(4)18-30-28/h2,12-18,22,33H,8,10-11,19H2,1,3-7H3/b21-12+,23-15+,31-27-. The van der Waals surface area contributed by atoms with E-state index in [1.807, 2.05) is 56.9 Å². The quantitative estimate of drug-likeness (QED) is 0.219. The highest BCUT2D eigenvalue weighted by molar-refractivity contribution is 5.94. The zero-order valence-electron chi connectivity index (χ0n) is 21.2. The molecule has 0 saturated heterocycles. The Morgan fingerprint density at radius 2 is 1.97 bits per heavy atom. The number of allylic oxidation sites excluding steroid dienone is 3. The summed E-state index contributed by atoms with van der Waals surface area (Å²) >= 11 is 0. The van der Waals surface area contributed by atoms with Gasteiger partial charge in [0.15, 0.2) is 5.82 Å². The van der Waals surface area contributed by atoms with Gasteiger partial charge in [0.05, 0.1) is 11.7 Å². The lowest BCUT2D eigenvalue weighted by Gasteiger charge is -2.25. The lowest BCUT2D eigenvalue weighted by molar-refractivity contribution is 0.161. The number of benzene rings is 1. The Kier molecular flexibility index (Phi) is 10.5. The molecule has 6 nitrogen and oxygen atoms in total. The summed E-state index contributed by atoms with van der Waals surface area (Å²) in [5.74, 6) is 5.15. The minimum Gasteiger partial charge on any atom is -0.461 e. The van der Waals surface area contributed by atoms with E-state index in [4.69, 9.17) is 16.2 Å². The first kappa shape index (κ1) is 26.8. The largest absolute Gasteiger partial charge is 0.461 e. The number of unbranched alkanes of at least 4 members (excludes halogenated alkanes) is 1. The molecule has 34 heavy (non-hydrogen) atoms. The van der Waals surface area contributed by atoms with E-state index in [1.165, 1.54) is 0 Å². The molecular weight excluding hydrogens is 424 g/mol. The molecule has 1 atom stereocenters. The van der Waals surface area contributed by atoms with Gasteiger partial charge in [0.2, 0.25) is 0 Å². The van der Waals surface area contributed by atoms with Crippen LogP contribution in [0.4, 0.5) is 0 Å². The van der Waals surface area contributed by atoms with E-state index < -0.39 is 6.10 Å². The molecule has 1 heterocycles. The van der Waals surface area contributed by atoms with Crippen LogP contribution < -0.4 is 4.74 Å². The van der Waals surface area contributed by atoms with Crippen LogP contribution in [-0.2, 0) is 0 Å². The van der Waals surface area contributed by atoms with Gasteiger partial charge in [-0.3, -0.25) is 0 Å². The highest BCUT2D eigenvalue weighted by atomic mass is 16.5. The Balaban J connectivity index is 2.48. The number of aliphatic hydroxyl groups is 1. The van der Waals surface area contributed by atoms with Crippen molar-refractivity contribution in [3.8, 4) is 29.5 Å². The average molecular weight is 461 g/mol. The summed E-state index contributed by atoms with van der Waals surface area (Å²) in [7, 11) is 0. The zero-order valence-corrected chi connectivity index (χ0v) is 21.2. The summed E-state index contributed by atoms with van der Waals surface area (Å²) in [5, 5.41) is 9.99. The van der Waals surface area contributed by atoms with Crippen LogP contribution >= 0.6 is 0 Å². The SMILES string of the molecule is C#Cc1ccc(-c2ncc(C)cn2)c(O/C(C)=C/C(=N/C(C)=C/CCC)N(CC)CC(C)O)c1. The van der Waals surface area contributed by atoms with Crippen molar-refractivity contribution in [1.82, 2.24) is 14.9 Å². The number of rotatable bonds is 10. The summed E-state index contributed by atoms with van der Waals surface area (Å²) in [4.78, 5) is 15.7. The number of likely N-dealkylation sites (N-methyl/N-ethyl adjacent to an activating group) is 1. The number of amidine groups is 1. The first-order valence-electron chi connectivity index (χ1n) is 11.7. The topological polar surface area (TPSA) is 70.8 Å². The summed E-state index contributed by atoms with van der Waals surface area (Å²) in [5.41, 5.74) is 3.36. The van der Waals surface area contributed by atoms with Crippen molar-refractivity contribution >= 4 is 5.84 Å². The second-order valence-electron chi connectivity index (χ2n) is 8.29. The van der Waals surface area contributed by atoms with Gasteiger partial charge in [0.1, 0.15) is 17.3 Å². The van der Waals surface area contributed by atoms with Crippen molar-refractivity contribution < 1.29 is 9.84 Å². The molecule has 2 aromatic rings. The van der Waals surface area contributed by atoms with Crippen molar-refractivity contribution in [1.29, 1.82) is 0 Å². The van der Waals surface area contributed by atoms with Crippen molar-refractivity contribution in [2.75, 3.05) is 13.1 Å². The summed E-state index contributed by atoms with van der Waals surface area (Å²) in [6.07, 6.45) is 14.7. The molecule has 0 saturated carbocycles. The van der Waals surface area contributed by atoms with Crippen molar-refractivity contribution in [2.24, 2.45) is 4.99 Å². The predicted molar refractivity (Wildman–Crippen MR) is 140 cm³/mol. The molecule has 0 aliphatic heterocycles. The minimum atomic E-state index is -0.489. The maximum Gasteiger partial charge on any atom is 0.162 e. The van der Waals surface area contributed by atoms with Gasteiger partial charge < -0.3 is 14.7 Å². The highest BCUT2D eigenvalue weighted by Gasteiger charge is 2.14. The van der Waals surface area contributed by atoms with Gasteiger partial charge in [-0.1, -0.05) is 25.3 Å². The van der Waals surface area contributed by atoms with Gasteiger partial charge in [0.25, 0.3) is 0 Å². The Morgan fingerprint density at radius 1 is 1.26 bits per heavy atom. The molecule has 0 radical (unpaired) electrons. The van der Waals surface area contributed by atoms with E-state index in [0.717, 1.165) is 35.5 Å². The van der Waals surface area contributed by atoms with Gasteiger partial charge in [-0.05, 0) is 64.8 Å². The molecule has 1 aromatic heterocycles. The summed E-state index contributed by atoms with van der Waals surface area (Å²) in [6, 6.07) is 5.54. The number of aliphatic imine (C=N–C) groups is 1. The van der Waals surface area contributed by atoms with Crippen LogP contribution in [-0.4, -0.2) is 45.0 Å². The number of hydrogen-bond donors (Lipinski definition) is 1. The smallest absolute Gasteiger partial charge is 0.162 e. The molecule has 6 heteroatoms. The number of aromatic nitrogens is 2. The van der Waals surface area contributed by atoms with Gasteiger partial charge in [-0.25, -0.2) is 15.0 Å². The van der Waals surface area contributed by atoms with Crippen LogP contribution in [0.5, 0.6) is 5.75 Å². The highest BCUT2D eigenvalue weighted by Crippen LogP contribution is 2.30. The van der Waals surface area contributed by atoms with Crippen molar-refractivity contribution in [3.05, 3.63) is 65.3 Å². The molecule has 0 spiro atoms. The Bertz CT molecular complexity index is 1080. The van der Waals surface area contributed by atoms with Crippen LogP contribution in [0.3, 0.4) is 0 Å². The van der Waals surface area contributed by atoms with E-state index in [1.54, 1.807) is 19.3 Å². The van der Waals surface area contributed by atoms with Crippen LogP contribution in [0.1, 0.15) is 58.6 Å². The monoisotopic (exact) mass is 460 g/mol. The number of aryl methyl sites for hydroxylation is 1. The first-order valence-corrected chi connectivity index (χ1v) is 11.7. The van der Waals surface area contributed by atoms with E-state index in [2.05, 4.69) is 28.9 Å². The Labute approximate surface area is 204 Å². The normalized spacial score (nSPS) is 13.4. The molecule has 1 aromatic carbocycles. The van der Waals surface area contributed by atoms with Gasteiger partial charge >= 0.3 is 0 Å². The van der Waals surface area contributed by atoms with Crippen LogP contribution in [0.25, 0.3) is 11.4 Å². The molecule has 180 valence electrons. The molecule has 1 N–H and O–H groups in total. The fourth-order valence-electron chi connectivity index (χ4n) is 3.28. The van der Waals surface area contributed by atoms with Crippen molar-refractivity contribution in [2.45, 2.75) is 60.5 Å². The molecule has 0 fully saturated rings. The Hall–Kier alpha value is -3.43. The lowest BCUT2D eigenvalue weighted by Crippen LogP contribution is -2.35. The fraction of sp³-hybridized carbons (Fsp3) is 0.393. The second-order valence-corrected chi connectivity index (χ2v) is 8.29. The number of ether oxygens (including phenoxy) is 1.